The van der Waals surface area contributed by atoms with Crippen LogP contribution < -0.4 is 16.0 Å². The van der Waals surface area contributed by atoms with Crippen molar-refractivity contribution in [2.24, 2.45) is 5.73 Å². The Labute approximate surface area is 107 Å². The van der Waals surface area contributed by atoms with Crippen LogP contribution >= 0.6 is 0 Å². The summed E-state index contributed by atoms with van der Waals surface area (Å²) >= 11 is 0. The molecule has 1 amide bonds. The third-order valence-electron chi connectivity index (χ3n) is 3.40. The molecule has 3 N–H and O–H groups in total. The first-order chi connectivity index (χ1) is 8.58. The number of pyridine rings is 1. The Morgan fingerprint density at radius 2 is 2.33 bits per heavy atom. The van der Waals surface area contributed by atoms with Gasteiger partial charge in [-0.2, -0.15) is 0 Å². The average molecular weight is 248 g/mol. The van der Waals surface area contributed by atoms with Crippen LogP contribution in [0.5, 0.6) is 0 Å². The molecule has 1 atom stereocenters. The van der Waals surface area contributed by atoms with Gasteiger partial charge < -0.3 is 16.0 Å². The molecule has 1 unspecified atom stereocenters. The second kappa shape index (κ2) is 5.35. The van der Waals surface area contributed by atoms with Gasteiger partial charge in [0, 0.05) is 30.9 Å². The normalized spacial score (nSPS) is 19.6. The largest absolute Gasteiger partial charge is 0.366 e. The lowest BCUT2D eigenvalue weighted by atomic mass is 10.1. The van der Waals surface area contributed by atoms with Crippen LogP contribution in [0.3, 0.4) is 0 Å². The summed E-state index contributed by atoms with van der Waals surface area (Å²) in [5.41, 5.74) is 6.67. The van der Waals surface area contributed by atoms with Crippen LogP contribution in [0, 0.1) is 6.92 Å². The SMILES string of the molecule is Cc1cc(C(N)=O)cc(N(C)C2CCCNC2)n1. The van der Waals surface area contributed by atoms with Crippen molar-refractivity contribution in [3.63, 3.8) is 0 Å². The first kappa shape index (κ1) is 12.8. The number of hydrogen-bond donors (Lipinski definition) is 2. The number of aryl methyl sites for hydroxylation is 1. The molecule has 2 rings (SSSR count). The Balaban J connectivity index is 2.23. The molecule has 1 aromatic rings. The lowest BCUT2D eigenvalue weighted by Crippen LogP contribution is -2.44. The summed E-state index contributed by atoms with van der Waals surface area (Å²) in [6.45, 7) is 3.92. The van der Waals surface area contributed by atoms with E-state index in [1.54, 1.807) is 12.1 Å². The van der Waals surface area contributed by atoms with E-state index in [-0.39, 0.29) is 0 Å². The number of aromatic nitrogens is 1. The number of nitrogens with two attached hydrogens (primary N) is 1. The predicted octanol–water partition coefficient (Wildman–Crippen LogP) is 0.677. The Bertz CT molecular complexity index is 441. The number of hydrogen-bond acceptors (Lipinski definition) is 4. The van der Waals surface area contributed by atoms with E-state index in [0.29, 0.717) is 11.6 Å². The van der Waals surface area contributed by atoms with Gasteiger partial charge in [-0.3, -0.25) is 4.79 Å². The number of likely N-dealkylation sites (N-methyl/N-ethyl adjacent to an activating group) is 1. The summed E-state index contributed by atoms with van der Waals surface area (Å²) in [7, 11) is 2.02. The Hall–Kier alpha value is -1.62. The van der Waals surface area contributed by atoms with Crippen molar-refractivity contribution in [2.45, 2.75) is 25.8 Å². The fourth-order valence-corrected chi connectivity index (χ4v) is 2.33. The summed E-state index contributed by atoms with van der Waals surface area (Å²) in [6, 6.07) is 3.91. The van der Waals surface area contributed by atoms with Crippen molar-refractivity contribution in [1.29, 1.82) is 0 Å². The number of carbonyl (C=O) groups excluding carboxylic acids is 1. The standard InChI is InChI=1S/C13H20N4O/c1-9-6-10(13(14)18)7-12(16-9)17(2)11-4-3-5-15-8-11/h6-7,11,15H,3-5,8H2,1-2H3,(H2,14,18). The molecule has 0 aromatic carbocycles. The van der Waals surface area contributed by atoms with Crippen molar-refractivity contribution in [3.8, 4) is 0 Å². The van der Waals surface area contributed by atoms with Crippen LogP contribution in [0.15, 0.2) is 12.1 Å². The zero-order valence-electron chi connectivity index (χ0n) is 10.9. The number of nitrogens with zero attached hydrogens (tertiary/aromatic N) is 2. The predicted molar refractivity (Wildman–Crippen MR) is 71.8 cm³/mol. The summed E-state index contributed by atoms with van der Waals surface area (Å²) in [5, 5.41) is 3.38. The lowest BCUT2D eigenvalue weighted by molar-refractivity contribution is 0.1000. The van der Waals surface area contributed by atoms with Crippen molar-refractivity contribution in [3.05, 3.63) is 23.4 Å². The van der Waals surface area contributed by atoms with Gasteiger partial charge in [-0.25, -0.2) is 4.98 Å². The van der Waals surface area contributed by atoms with E-state index in [4.69, 9.17) is 5.73 Å². The number of carbonyl (C=O) groups is 1. The molecule has 1 fully saturated rings. The van der Waals surface area contributed by atoms with Gasteiger partial charge in [-0.15, -0.1) is 0 Å². The Kier molecular flexibility index (Phi) is 3.81. The lowest BCUT2D eigenvalue weighted by Gasteiger charge is -2.32. The molecule has 5 nitrogen and oxygen atoms in total. The molecule has 0 bridgehead atoms. The highest BCUT2D eigenvalue weighted by Gasteiger charge is 2.19. The van der Waals surface area contributed by atoms with Crippen LogP contribution in [0.25, 0.3) is 0 Å². The molecule has 0 aliphatic carbocycles. The van der Waals surface area contributed by atoms with Crippen LogP contribution in [0.2, 0.25) is 0 Å². The maximum atomic E-state index is 11.3. The van der Waals surface area contributed by atoms with Crippen LogP contribution in [-0.4, -0.2) is 37.1 Å². The number of primary amides is 1. The van der Waals surface area contributed by atoms with Gasteiger partial charge in [0.2, 0.25) is 5.91 Å². The first-order valence-corrected chi connectivity index (χ1v) is 6.30. The highest BCUT2D eigenvalue weighted by atomic mass is 16.1. The van der Waals surface area contributed by atoms with Gasteiger partial charge in [0.25, 0.3) is 0 Å². The second-order valence-electron chi connectivity index (χ2n) is 4.83. The van der Waals surface area contributed by atoms with Crippen molar-refractivity contribution < 1.29 is 4.79 Å². The number of piperidine rings is 1. The Morgan fingerprint density at radius 3 is 2.94 bits per heavy atom. The smallest absolute Gasteiger partial charge is 0.248 e. The minimum absolute atomic E-state index is 0.406. The summed E-state index contributed by atoms with van der Waals surface area (Å²) < 4.78 is 0. The maximum Gasteiger partial charge on any atom is 0.248 e. The molecule has 0 radical (unpaired) electrons. The van der Waals surface area contributed by atoms with Gasteiger partial charge in [-0.05, 0) is 38.4 Å². The van der Waals surface area contributed by atoms with Crippen molar-refractivity contribution >= 4 is 11.7 Å². The van der Waals surface area contributed by atoms with Crippen LogP contribution in [-0.2, 0) is 0 Å². The molecule has 98 valence electrons. The van der Waals surface area contributed by atoms with Gasteiger partial charge in [0.15, 0.2) is 0 Å². The summed E-state index contributed by atoms with van der Waals surface area (Å²) in [5.74, 6) is 0.411. The summed E-state index contributed by atoms with van der Waals surface area (Å²) in [4.78, 5) is 17.9. The fourth-order valence-electron chi connectivity index (χ4n) is 2.33. The third-order valence-corrected chi connectivity index (χ3v) is 3.40. The Morgan fingerprint density at radius 1 is 1.56 bits per heavy atom. The minimum atomic E-state index is -0.406. The van der Waals surface area contributed by atoms with E-state index < -0.39 is 5.91 Å². The average Bonchev–Trinajstić information content (AvgIpc) is 2.38. The number of amides is 1. The van der Waals surface area contributed by atoms with Crippen LogP contribution in [0.1, 0.15) is 28.9 Å². The van der Waals surface area contributed by atoms with E-state index >= 15 is 0 Å². The zero-order chi connectivity index (χ0) is 13.1. The van der Waals surface area contributed by atoms with Gasteiger partial charge >= 0.3 is 0 Å². The van der Waals surface area contributed by atoms with E-state index in [1.165, 1.54) is 6.42 Å². The quantitative estimate of drug-likeness (QED) is 0.825. The molecule has 0 spiro atoms. The molecule has 1 aliphatic rings. The van der Waals surface area contributed by atoms with E-state index in [0.717, 1.165) is 31.0 Å². The molecule has 2 heterocycles. The van der Waals surface area contributed by atoms with Gasteiger partial charge in [-0.1, -0.05) is 0 Å². The topological polar surface area (TPSA) is 71.2 Å². The van der Waals surface area contributed by atoms with Gasteiger partial charge in [0.05, 0.1) is 0 Å². The van der Waals surface area contributed by atoms with E-state index in [2.05, 4.69) is 15.2 Å². The number of rotatable bonds is 3. The second-order valence-corrected chi connectivity index (χ2v) is 4.83. The molecule has 0 saturated carbocycles. The summed E-state index contributed by atoms with van der Waals surface area (Å²) in [6.07, 6.45) is 2.31. The number of nitrogens with one attached hydrogen (secondary N) is 1. The molecule has 5 heteroatoms. The molecule has 1 saturated heterocycles. The zero-order valence-corrected chi connectivity index (χ0v) is 10.9. The van der Waals surface area contributed by atoms with E-state index in [1.807, 2.05) is 14.0 Å². The minimum Gasteiger partial charge on any atom is -0.366 e. The molecule has 1 aliphatic heterocycles. The fraction of sp³-hybridized carbons (Fsp3) is 0.538. The first-order valence-electron chi connectivity index (χ1n) is 6.30. The maximum absolute atomic E-state index is 11.3. The van der Waals surface area contributed by atoms with Crippen molar-refractivity contribution in [2.75, 3.05) is 25.0 Å². The highest BCUT2D eigenvalue weighted by Crippen LogP contribution is 2.19. The van der Waals surface area contributed by atoms with Crippen molar-refractivity contribution in [1.82, 2.24) is 10.3 Å². The third kappa shape index (κ3) is 2.79. The molecule has 18 heavy (non-hydrogen) atoms. The monoisotopic (exact) mass is 248 g/mol. The van der Waals surface area contributed by atoms with E-state index in [9.17, 15) is 4.79 Å². The molecular formula is C13H20N4O. The number of anilines is 1. The molecule has 1 aromatic heterocycles. The van der Waals surface area contributed by atoms with Gasteiger partial charge in [0.1, 0.15) is 5.82 Å². The highest BCUT2D eigenvalue weighted by molar-refractivity contribution is 5.93. The van der Waals surface area contributed by atoms with Crippen LogP contribution in [0.4, 0.5) is 5.82 Å². The molecular weight excluding hydrogens is 228 g/mol.